The van der Waals surface area contributed by atoms with Crippen molar-refractivity contribution in [2.75, 3.05) is 11.1 Å². The summed E-state index contributed by atoms with van der Waals surface area (Å²) >= 11 is 7.83. The van der Waals surface area contributed by atoms with Gasteiger partial charge in [-0.25, -0.2) is 0 Å². The Hall–Kier alpha value is -0.200. The molecule has 1 aliphatic rings. The van der Waals surface area contributed by atoms with Gasteiger partial charge in [-0.3, -0.25) is 0 Å². The summed E-state index contributed by atoms with van der Waals surface area (Å²) < 4.78 is 2.38. The summed E-state index contributed by atoms with van der Waals surface area (Å²) in [6.45, 7) is 0. The standard InChI is InChI=1S/C14H11BrINS/c15-11-7-9(5-6-12(11)16)17-13-8-18-14-4-2-1-3-10(13)14/h1-7,13,17H,8H2. The summed E-state index contributed by atoms with van der Waals surface area (Å²) in [4.78, 5) is 1.40. The predicted octanol–water partition coefficient (Wildman–Crippen LogP) is 5.31. The summed E-state index contributed by atoms with van der Waals surface area (Å²) in [5.41, 5.74) is 2.58. The zero-order valence-electron chi connectivity index (χ0n) is 9.49. The van der Waals surface area contributed by atoms with Crippen molar-refractivity contribution in [3.63, 3.8) is 0 Å². The zero-order chi connectivity index (χ0) is 12.5. The van der Waals surface area contributed by atoms with E-state index >= 15 is 0 Å². The summed E-state index contributed by atoms with van der Waals surface area (Å²) in [6.07, 6.45) is 0. The molecular weight excluding hydrogens is 421 g/mol. The summed E-state index contributed by atoms with van der Waals surface area (Å²) in [5, 5.41) is 3.61. The van der Waals surface area contributed by atoms with E-state index in [1.807, 2.05) is 11.8 Å². The zero-order valence-corrected chi connectivity index (χ0v) is 14.1. The average Bonchev–Trinajstić information content (AvgIpc) is 2.78. The fraction of sp³-hybridized carbons (Fsp3) is 0.143. The van der Waals surface area contributed by atoms with Crippen LogP contribution in [0.5, 0.6) is 0 Å². The maximum Gasteiger partial charge on any atom is 0.0618 e. The summed E-state index contributed by atoms with van der Waals surface area (Å²) in [7, 11) is 0. The van der Waals surface area contributed by atoms with Crippen molar-refractivity contribution in [1.29, 1.82) is 0 Å². The Labute approximate surface area is 133 Å². The van der Waals surface area contributed by atoms with Crippen LogP contribution in [0.2, 0.25) is 0 Å². The minimum atomic E-state index is 0.415. The lowest BCUT2D eigenvalue weighted by atomic mass is 10.1. The molecule has 1 N–H and O–H groups in total. The van der Waals surface area contributed by atoms with E-state index in [0.717, 1.165) is 10.2 Å². The van der Waals surface area contributed by atoms with Gasteiger partial charge in [0.15, 0.2) is 0 Å². The lowest BCUT2D eigenvalue weighted by Gasteiger charge is -2.15. The molecule has 2 aromatic carbocycles. The number of thioether (sulfide) groups is 1. The van der Waals surface area contributed by atoms with Crippen molar-refractivity contribution in [2.24, 2.45) is 0 Å². The van der Waals surface area contributed by atoms with Crippen LogP contribution >= 0.6 is 50.3 Å². The fourth-order valence-corrected chi connectivity index (χ4v) is 3.94. The van der Waals surface area contributed by atoms with Crippen LogP contribution in [0.1, 0.15) is 11.6 Å². The molecule has 92 valence electrons. The average molecular weight is 432 g/mol. The molecule has 2 aromatic rings. The fourth-order valence-electron chi connectivity index (χ4n) is 2.07. The second-order valence-corrected chi connectivity index (χ2v) is 7.25. The third kappa shape index (κ3) is 2.56. The Kier molecular flexibility index (Phi) is 3.86. The first-order chi connectivity index (χ1) is 8.74. The molecule has 1 atom stereocenters. The monoisotopic (exact) mass is 431 g/mol. The molecular formula is C14H11BrINS. The van der Waals surface area contributed by atoms with Crippen molar-refractivity contribution in [2.45, 2.75) is 10.9 Å². The molecule has 1 nitrogen and oxygen atoms in total. The van der Waals surface area contributed by atoms with E-state index in [2.05, 4.69) is 86.3 Å². The van der Waals surface area contributed by atoms with Crippen molar-refractivity contribution >= 4 is 56.0 Å². The smallest absolute Gasteiger partial charge is 0.0618 e. The molecule has 3 rings (SSSR count). The van der Waals surface area contributed by atoms with Crippen LogP contribution in [-0.2, 0) is 0 Å². The molecule has 0 fully saturated rings. The molecule has 0 amide bonds. The maximum absolute atomic E-state index is 3.61. The molecule has 18 heavy (non-hydrogen) atoms. The molecule has 0 saturated heterocycles. The SMILES string of the molecule is Brc1cc(NC2CSc3ccccc32)ccc1I. The second kappa shape index (κ2) is 5.43. The van der Waals surface area contributed by atoms with E-state index in [9.17, 15) is 0 Å². The first-order valence-electron chi connectivity index (χ1n) is 5.67. The van der Waals surface area contributed by atoms with Crippen LogP contribution in [0, 0.1) is 3.57 Å². The minimum absolute atomic E-state index is 0.415. The van der Waals surface area contributed by atoms with Gasteiger partial charge in [0, 0.05) is 24.4 Å². The highest BCUT2D eigenvalue weighted by Gasteiger charge is 2.22. The Morgan fingerprint density at radius 2 is 2.06 bits per heavy atom. The van der Waals surface area contributed by atoms with Gasteiger partial charge in [-0.1, -0.05) is 18.2 Å². The molecule has 0 spiro atoms. The molecule has 0 aliphatic carbocycles. The normalized spacial score (nSPS) is 17.6. The molecule has 1 unspecified atom stereocenters. The van der Waals surface area contributed by atoms with E-state index in [1.165, 1.54) is 19.7 Å². The molecule has 0 aromatic heterocycles. The van der Waals surface area contributed by atoms with E-state index in [-0.39, 0.29) is 0 Å². The Morgan fingerprint density at radius 3 is 2.89 bits per heavy atom. The molecule has 1 aliphatic heterocycles. The number of halogens is 2. The van der Waals surface area contributed by atoms with E-state index in [4.69, 9.17) is 0 Å². The Balaban J connectivity index is 1.84. The van der Waals surface area contributed by atoms with Gasteiger partial charge in [0.2, 0.25) is 0 Å². The topological polar surface area (TPSA) is 12.0 Å². The molecule has 0 saturated carbocycles. The van der Waals surface area contributed by atoms with Gasteiger partial charge < -0.3 is 5.32 Å². The molecule has 4 heteroatoms. The van der Waals surface area contributed by atoms with Crippen molar-refractivity contribution in [3.8, 4) is 0 Å². The lowest BCUT2D eigenvalue weighted by molar-refractivity contribution is 0.900. The van der Waals surface area contributed by atoms with Crippen LogP contribution in [-0.4, -0.2) is 5.75 Å². The Morgan fingerprint density at radius 1 is 1.22 bits per heavy atom. The van der Waals surface area contributed by atoms with Crippen molar-refractivity contribution in [3.05, 3.63) is 56.1 Å². The van der Waals surface area contributed by atoms with Gasteiger partial charge in [0.1, 0.15) is 0 Å². The van der Waals surface area contributed by atoms with Crippen molar-refractivity contribution < 1.29 is 0 Å². The number of hydrogen-bond acceptors (Lipinski definition) is 2. The number of benzene rings is 2. The van der Waals surface area contributed by atoms with Crippen LogP contribution < -0.4 is 5.32 Å². The summed E-state index contributed by atoms with van der Waals surface area (Å²) in [6, 6.07) is 15.5. The van der Waals surface area contributed by atoms with Crippen LogP contribution in [0.15, 0.2) is 51.8 Å². The predicted molar refractivity (Wildman–Crippen MR) is 90.4 cm³/mol. The number of hydrogen-bond donors (Lipinski definition) is 1. The first-order valence-corrected chi connectivity index (χ1v) is 8.53. The van der Waals surface area contributed by atoms with Gasteiger partial charge in [-0.15, -0.1) is 11.8 Å². The van der Waals surface area contributed by atoms with E-state index in [0.29, 0.717) is 6.04 Å². The van der Waals surface area contributed by atoms with Crippen molar-refractivity contribution in [1.82, 2.24) is 0 Å². The molecule has 0 bridgehead atoms. The third-order valence-electron chi connectivity index (χ3n) is 2.96. The van der Waals surface area contributed by atoms with Crippen LogP contribution in [0.25, 0.3) is 0 Å². The van der Waals surface area contributed by atoms with E-state index in [1.54, 1.807) is 0 Å². The number of fused-ring (bicyclic) bond motifs is 1. The Bertz CT molecular complexity index is 588. The maximum atomic E-state index is 3.61. The lowest BCUT2D eigenvalue weighted by Crippen LogP contribution is -2.09. The van der Waals surface area contributed by atoms with Gasteiger partial charge in [0.05, 0.1) is 6.04 Å². The highest BCUT2D eigenvalue weighted by molar-refractivity contribution is 14.1. The highest BCUT2D eigenvalue weighted by Crippen LogP contribution is 2.39. The molecule has 0 radical (unpaired) electrons. The minimum Gasteiger partial charge on any atom is -0.377 e. The van der Waals surface area contributed by atoms with Crippen LogP contribution in [0.3, 0.4) is 0 Å². The number of nitrogens with one attached hydrogen (secondary N) is 1. The number of rotatable bonds is 2. The molecule has 1 heterocycles. The van der Waals surface area contributed by atoms with Gasteiger partial charge in [0.25, 0.3) is 0 Å². The van der Waals surface area contributed by atoms with Gasteiger partial charge >= 0.3 is 0 Å². The first kappa shape index (κ1) is 12.8. The summed E-state index contributed by atoms with van der Waals surface area (Å²) in [5.74, 6) is 1.10. The third-order valence-corrected chi connectivity index (χ3v) is 6.48. The largest absolute Gasteiger partial charge is 0.377 e. The number of anilines is 1. The quantitative estimate of drug-likeness (QED) is 0.646. The second-order valence-electron chi connectivity index (χ2n) is 4.17. The van der Waals surface area contributed by atoms with Gasteiger partial charge in [-0.2, -0.15) is 0 Å². The van der Waals surface area contributed by atoms with Crippen LogP contribution in [0.4, 0.5) is 5.69 Å². The van der Waals surface area contributed by atoms with E-state index < -0.39 is 0 Å². The van der Waals surface area contributed by atoms with Gasteiger partial charge in [-0.05, 0) is 68.3 Å². The highest BCUT2D eigenvalue weighted by atomic mass is 127.